The zero-order chi connectivity index (χ0) is 11.6. The van der Waals surface area contributed by atoms with Crippen LogP contribution in [0.2, 0.25) is 0 Å². The highest BCUT2D eigenvalue weighted by atomic mass is 16.4. The third-order valence-corrected chi connectivity index (χ3v) is 2.48. The van der Waals surface area contributed by atoms with Crippen molar-refractivity contribution in [3.8, 4) is 0 Å². The summed E-state index contributed by atoms with van der Waals surface area (Å²) < 4.78 is 0. The van der Waals surface area contributed by atoms with E-state index in [1.807, 2.05) is 13.8 Å². The number of aliphatic carboxylic acids is 1. The van der Waals surface area contributed by atoms with Crippen LogP contribution < -0.4 is 5.73 Å². The number of carbonyl (C=O) groups is 1. The minimum absolute atomic E-state index is 0.132. The van der Waals surface area contributed by atoms with Crippen LogP contribution >= 0.6 is 0 Å². The highest BCUT2D eigenvalue weighted by Gasteiger charge is 2.22. The second-order valence-electron chi connectivity index (χ2n) is 3.48. The predicted molar refractivity (Wildman–Crippen MR) is 56.6 cm³/mol. The molecule has 0 aliphatic carbocycles. The first-order chi connectivity index (χ1) is 6.97. The van der Waals surface area contributed by atoms with Gasteiger partial charge in [-0.15, -0.1) is 0 Å². The summed E-state index contributed by atoms with van der Waals surface area (Å²) in [5, 5.41) is 9.03. The molecule has 1 aromatic heterocycles. The van der Waals surface area contributed by atoms with E-state index in [9.17, 15) is 4.79 Å². The van der Waals surface area contributed by atoms with Crippen molar-refractivity contribution in [2.24, 2.45) is 0 Å². The van der Waals surface area contributed by atoms with E-state index in [1.54, 1.807) is 6.92 Å². The second kappa shape index (κ2) is 4.25. The van der Waals surface area contributed by atoms with Crippen LogP contribution in [-0.4, -0.2) is 21.0 Å². The number of carboxylic acid groups (broad SMARTS) is 1. The van der Waals surface area contributed by atoms with Crippen molar-refractivity contribution in [2.75, 3.05) is 5.73 Å². The van der Waals surface area contributed by atoms with E-state index in [2.05, 4.69) is 9.97 Å². The van der Waals surface area contributed by atoms with Crippen LogP contribution in [-0.2, 0) is 4.79 Å². The van der Waals surface area contributed by atoms with Gasteiger partial charge in [0.05, 0.1) is 11.6 Å². The van der Waals surface area contributed by atoms with E-state index in [0.29, 0.717) is 12.1 Å². The number of anilines is 1. The fourth-order valence-electron chi connectivity index (χ4n) is 1.50. The quantitative estimate of drug-likeness (QED) is 0.782. The topological polar surface area (TPSA) is 89.1 Å². The van der Waals surface area contributed by atoms with Crippen LogP contribution in [0.4, 0.5) is 5.95 Å². The molecule has 0 fully saturated rings. The number of nitrogens with two attached hydrogens (primary N) is 1. The normalized spacial score (nSPS) is 12.5. The van der Waals surface area contributed by atoms with Crippen LogP contribution in [0.15, 0.2) is 0 Å². The Labute approximate surface area is 88.4 Å². The van der Waals surface area contributed by atoms with Gasteiger partial charge in [0.2, 0.25) is 5.95 Å². The lowest BCUT2D eigenvalue weighted by Gasteiger charge is -2.13. The van der Waals surface area contributed by atoms with Gasteiger partial charge < -0.3 is 10.8 Å². The van der Waals surface area contributed by atoms with E-state index in [4.69, 9.17) is 10.8 Å². The Hall–Kier alpha value is -1.65. The zero-order valence-electron chi connectivity index (χ0n) is 9.11. The number of aromatic nitrogens is 2. The fraction of sp³-hybridized carbons (Fsp3) is 0.500. The molecule has 0 aliphatic heterocycles. The molecule has 1 heterocycles. The Morgan fingerprint density at radius 3 is 2.53 bits per heavy atom. The van der Waals surface area contributed by atoms with E-state index in [1.165, 1.54) is 0 Å². The van der Waals surface area contributed by atoms with Crippen molar-refractivity contribution < 1.29 is 9.90 Å². The van der Waals surface area contributed by atoms with Crippen molar-refractivity contribution in [1.29, 1.82) is 0 Å². The summed E-state index contributed by atoms with van der Waals surface area (Å²) >= 11 is 0. The monoisotopic (exact) mass is 209 g/mol. The van der Waals surface area contributed by atoms with Crippen LogP contribution in [0, 0.1) is 13.8 Å². The van der Waals surface area contributed by atoms with Gasteiger partial charge in [0.15, 0.2) is 0 Å². The molecule has 0 radical (unpaired) electrons. The summed E-state index contributed by atoms with van der Waals surface area (Å²) in [6, 6.07) is 0. The van der Waals surface area contributed by atoms with Gasteiger partial charge in [-0.3, -0.25) is 4.79 Å². The van der Waals surface area contributed by atoms with Gasteiger partial charge >= 0.3 is 5.97 Å². The molecule has 15 heavy (non-hydrogen) atoms. The largest absolute Gasteiger partial charge is 0.481 e. The molecule has 1 rings (SSSR count). The Morgan fingerprint density at radius 2 is 2.07 bits per heavy atom. The standard InChI is InChI=1S/C10H15N3O2/c1-4-7(9(14)15)8-5(2)6(3)12-10(11)13-8/h7H,4H2,1-3H3,(H,14,15)(H2,11,12,13). The predicted octanol–water partition coefficient (Wildman–Crippen LogP) is 1.25. The lowest BCUT2D eigenvalue weighted by Crippen LogP contribution is -2.16. The van der Waals surface area contributed by atoms with Gasteiger partial charge in [0.25, 0.3) is 0 Å². The van der Waals surface area contributed by atoms with Crippen LogP contribution in [0.25, 0.3) is 0 Å². The van der Waals surface area contributed by atoms with Gasteiger partial charge in [-0.1, -0.05) is 6.92 Å². The van der Waals surface area contributed by atoms with Gasteiger partial charge in [0.1, 0.15) is 0 Å². The summed E-state index contributed by atoms with van der Waals surface area (Å²) in [5.74, 6) is -1.35. The summed E-state index contributed by atoms with van der Waals surface area (Å²) in [7, 11) is 0. The Kier molecular flexibility index (Phi) is 3.24. The molecule has 0 amide bonds. The minimum Gasteiger partial charge on any atom is -0.481 e. The third-order valence-electron chi connectivity index (χ3n) is 2.48. The summed E-state index contributed by atoms with van der Waals surface area (Å²) in [5.41, 5.74) is 7.57. The van der Waals surface area contributed by atoms with Gasteiger partial charge in [-0.25, -0.2) is 9.97 Å². The summed E-state index contributed by atoms with van der Waals surface area (Å²) in [6.45, 7) is 5.42. The number of hydrogen-bond acceptors (Lipinski definition) is 4. The molecule has 0 saturated heterocycles. The maximum absolute atomic E-state index is 11.0. The van der Waals surface area contributed by atoms with E-state index < -0.39 is 11.9 Å². The average molecular weight is 209 g/mol. The first-order valence-electron chi connectivity index (χ1n) is 4.80. The number of nitrogen functional groups attached to an aromatic ring is 1. The van der Waals surface area contributed by atoms with Crippen molar-refractivity contribution in [1.82, 2.24) is 9.97 Å². The molecule has 1 atom stereocenters. The second-order valence-corrected chi connectivity index (χ2v) is 3.48. The molecule has 0 aromatic carbocycles. The van der Waals surface area contributed by atoms with E-state index in [-0.39, 0.29) is 5.95 Å². The molecular formula is C10H15N3O2. The highest BCUT2D eigenvalue weighted by Crippen LogP contribution is 2.23. The molecule has 0 saturated carbocycles. The molecule has 5 heteroatoms. The molecule has 82 valence electrons. The van der Waals surface area contributed by atoms with Gasteiger partial charge in [-0.05, 0) is 25.8 Å². The molecule has 0 aliphatic rings. The maximum atomic E-state index is 11.0. The molecule has 0 bridgehead atoms. The first-order valence-corrected chi connectivity index (χ1v) is 4.80. The molecule has 3 N–H and O–H groups in total. The number of nitrogens with zero attached hydrogens (tertiary/aromatic N) is 2. The summed E-state index contributed by atoms with van der Waals surface area (Å²) in [4.78, 5) is 19.0. The van der Waals surface area contributed by atoms with E-state index in [0.717, 1.165) is 11.3 Å². The molecule has 1 aromatic rings. The lowest BCUT2D eigenvalue weighted by molar-refractivity contribution is -0.138. The number of aryl methyl sites for hydroxylation is 1. The Balaban J connectivity index is 3.28. The maximum Gasteiger partial charge on any atom is 0.312 e. The van der Waals surface area contributed by atoms with Crippen LogP contribution in [0.1, 0.15) is 36.2 Å². The highest BCUT2D eigenvalue weighted by molar-refractivity contribution is 5.76. The summed E-state index contributed by atoms with van der Waals surface area (Å²) in [6.07, 6.45) is 0.492. The van der Waals surface area contributed by atoms with Crippen molar-refractivity contribution >= 4 is 11.9 Å². The average Bonchev–Trinajstić information content (AvgIpc) is 2.13. The Morgan fingerprint density at radius 1 is 1.47 bits per heavy atom. The SMILES string of the molecule is CCC(C(=O)O)c1nc(N)nc(C)c1C. The van der Waals surface area contributed by atoms with Gasteiger partial charge in [-0.2, -0.15) is 0 Å². The zero-order valence-corrected chi connectivity index (χ0v) is 9.11. The van der Waals surface area contributed by atoms with E-state index >= 15 is 0 Å². The van der Waals surface area contributed by atoms with Crippen LogP contribution in [0.3, 0.4) is 0 Å². The molecular weight excluding hydrogens is 194 g/mol. The Bertz CT molecular complexity index is 390. The van der Waals surface area contributed by atoms with Crippen molar-refractivity contribution in [3.63, 3.8) is 0 Å². The molecule has 1 unspecified atom stereocenters. The fourth-order valence-corrected chi connectivity index (χ4v) is 1.50. The number of carboxylic acids is 1. The first kappa shape index (κ1) is 11.4. The third kappa shape index (κ3) is 2.23. The van der Waals surface area contributed by atoms with Crippen LogP contribution in [0.5, 0.6) is 0 Å². The minimum atomic E-state index is -0.877. The smallest absolute Gasteiger partial charge is 0.312 e. The van der Waals surface area contributed by atoms with Crippen molar-refractivity contribution in [2.45, 2.75) is 33.1 Å². The molecule has 0 spiro atoms. The molecule has 5 nitrogen and oxygen atoms in total. The lowest BCUT2D eigenvalue weighted by atomic mass is 9.98. The number of rotatable bonds is 3. The van der Waals surface area contributed by atoms with Crippen molar-refractivity contribution in [3.05, 3.63) is 17.0 Å². The number of hydrogen-bond donors (Lipinski definition) is 2. The van der Waals surface area contributed by atoms with Gasteiger partial charge in [0, 0.05) is 5.69 Å².